The summed E-state index contributed by atoms with van der Waals surface area (Å²) in [4.78, 5) is 24.8. The molecule has 1 amide bonds. The van der Waals surface area contributed by atoms with Gasteiger partial charge >= 0.3 is 0 Å². The largest absolute Gasteiger partial charge is 0.389 e. The van der Waals surface area contributed by atoms with E-state index in [4.69, 9.17) is 26.4 Å². The summed E-state index contributed by atoms with van der Waals surface area (Å²) in [6.07, 6.45) is 3.14. The number of carbonyl (C=O) groups is 1. The molecular weight excluding hydrogens is 558 g/mol. The molecule has 3 saturated heterocycles. The van der Waals surface area contributed by atoms with Gasteiger partial charge in [0.05, 0.1) is 48.6 Å². The number of β-amino-alcohol motifs (C(OH)–C–C–N with tert-alkyl or cyclic N) is 1. The van der Waals surface area contributed by atoms with Gasteiger partial charge in [0, 0.05) is 49.9 Å². The zero-order valence-electron chi connectivity index (χ0n) is 22.2. The highest BCUT2D eigenvalue weighted by molar-refractivity contribution is 7.92. The maximum Gasteiger partial charge on any atom is 0.256 e. The second-order valence-electron chi connectivity index (χ2n) is 10.5. The molecule has 214 valence electrons. The zero-order chi connectivity index (χ0) is 28.0. The van der Waals surface area contributed by atoms with E-state index in [1.54, 1.807) is 11.0 Å². The number of fused-ring (bicyclic) bond motifs is 1. The first kappa shape index (κ1) is 27.1. The van der Waals surface area contributed by atoms with Crippen LogP contribution in [0.4, 0.5) is 17.3 Å². The van der Waals surface area contributed by atoms with Crippen molar-refractivity contribution in [3.63, 3.8) is 0 Å². The second-order valence-corrected chi connectivity index (χ2v) is 12.7. The first-order valence-electron chi connectivity index (χ1n) is 13.4. The maximum atomic E-state index is 13.9. The number of hydrogen-bond donors (Lipinski definition) is 2. The molecule has 3 fully saturated rings. The second kappa shape index (κ2) is 10.7. The topological polar surface area (TPSA) is 133 Å². The van der Waals surface area contributed by atoms with Crippen molar-refractivity contribution in [3.05, 3.63) is 46.6 Å². The molecule has 0 radical (unpaired) electrons. The van der Waals surface area contributed by atoms with Crippen molar-refractivity contribution in [3.8, 4) is 0 Å². The van der Waals surface area contributed by atoms with Crippen molar-refractivity contribution in [1.29, 1.82) is 0 Å². The van der Waals surface area contributed by atoms with Crippen molar-refractivity contribution in [2.75, 3.05) is 66.7 Å². The number of morpholine rings is 1. The molecule has 3 aromatic rings. The van der Waals surface area contributed by atoms with Crippen LogP contribution in [-0.4, -0.2) is 97.2 Å². The minimum absolute atomic E-state index is 0.189. The summed E-state index contributed by atoms with van der Waals surface area (Å²) >= 11 is 6.23. The number of nitrogens with one attached hydrogen (secondary N) is 1. The number of rotatable bonds is 6. The quantitative estimate of drug-likeness (QED) is 0.444. The number of aliphatic hydroxyl groups excluding tert-OH is 1. The van der Waals surface area contributed by atoms with E-state index >= 15 is 0 Å². The fraction of sp³-hybridized carbons (Fsp3) is 0.500. The van der Waals surface area contributed by atoms with E-state index in [9.17, 15) is 18.3 Å². The summed E-state index contributed by atoms with van der Waals surface area (Å²) in [6.45, 7) is 4.23. The average molecular weight is 590 g/mol. The highest BCUT2D eigenvalue weighted by Gasteiger charge is 2.33. The van der Waals surface area contributed by atoms with Gasteiger partial charge in [0.1, 0.15) is 11.6 Å². The maximum absolute atomic E-state index is 13.9. The Morgan fingerprint density at radius 1 is 1.10 bits per heavy atom. The summed E-state index contributed by atoms with van der Waals surface area (Å²) in [5.41, 5.74) is 1.76. The van der Waals surface area contributed by atoms with Crippen LogP contribution in [-0.2, 0) is 14.8 Å². The van der Waals surface area contributed by atoms with Crippen LogP contribution in [0.15, 0.2) is 30.3 Å². The van der Waals surface area contributed by atoms with E-state index in [1.807, 2.05) is 21.5 Å². The predicted octanol–water partition coefficient (Wildman–Crippen LogP) is 2.14. The fourth-order valence-corrected chi connectivity index (χ4v) is 6.32. The summed E-state index contributed by atoms with van der Waals surface area (Å²) in [6, 6.07) is 8.16. The number of aromatic nitrogens is 3. The van der Waals surface area contributed by atoms with Crippen LogP contribution in [0.5, 0.6) is 0 Å². The molecule has 0 unspecified atom stereocenters. The third kappa shape index (κ3) is 5.42. The smallest absolute Gasteiger partial charge is 0.256 e. The molecule has 2 aromatic heterocycles. The van der Waals surface area contributed by atoms with E-state index < -0.39 is 10.0 Å². The Kier molecular flexibility index (Phi) is 7.23. The Bertz CT molecular complexity index is 1540. The van der Waals surface area contributed by atoms with Gasteiger partial charge in [0.2, 0.25) is 10.0 Å². The molecule has 0 spiro atoms. The van der Waals surface area contributed by atoms with Crippen LogP contribution < -0.4 is 14.5 Å². The number of sulfonamides is 1. The normalized spacial score (nSPS) is 20.6. The first-order chi connectivity index (χ1) is 19.2. The Hall–Kier alpha value is -3.13. The third-order valence-corrected chi connectivity index (χ3v) is 8.37. The highest BCUT2D eigenvalue weighted by Crippen LogP contribution is 2.35. The van der Waals surface area contributed by atoms with Crippen molar-refractivity contribution in [1.82, 2.24) is 19.5 Å². The van der Waals surface area contributed by atoms with Gasteiger partial charge in [-0.3, -0.25) is 9.52 Å². The van der Waals surface area contributed by atoms with Gasteiger partial charge in [-0.2, -0.15) is 9.61 Å². The number of likely N-dealkylation sites (tertiary alicyclic amines) is 1. The van der Waals surface area contributed by atoms with E-state index in [1.165, 1.54) is 12.1 Å². The molecule has 6 rings (SSSR count). The lowest BCUT2D eigenvalue weighted by Crippen LogP contribution is -2.51. The van der Waals surface area contributed by atoms with Gasteiger partial charge in [0.15, 0.2) is 5.65 Å². The van der Waals surface area contributed by atoms with E-state index in [0.717, 1.165) is 49.5 Å². The summed E-state index contributed by atoms with van der Waals surface area (Å²) in [7, 11) is -3.61. The van der Waals surface area contributed by atoms with Gasteiger partial charge < -0.3 is 24.5 Å². The number of aliphatic hydroxyl groups is 1. The summed E-state index contributed by atoms with van der Waals surface area (Å²) < 4.78 is 33.8. The number of ether oxygens (including phenoxy) is 1. The standard InChI is InChI=1S/C26H32ClN7O5S/c1-40(37,38)30-20-6-5-17(27)12-19(20)26(36)33-7-3-2-4-22(33)21-13-24-28-23(32-15-18(35)16-32)14-25(34(24)29-21)31-8-10-39-11-9-31/h5-6,12-14,18,22,30,35H,2-4,7-11,15-16H2,1H3/t22-/m0/s1. The Labute approximate surface area is 237 Å². The lowest BCUT2D eigenvalue weighted by molar-refractivity contribution is 0.0606. The molecule has 3 aliphatic heterocycles. The van der Waals surface area contributed by atoms with E-state index in [-0.39, 0.29) is 29.3 Å². The minimum Gasteiger partial charge on any atom is -0.389 e. The number of amides is 1. The van der Waals surface area contributed by atoms with Crippen LogP contribution in [0.2, 0.25) is 5.02 Å². The molecular formula is C26H32ClN7O5S. The number of benzene rings is 1. The minimum atomic E-state index is -3.61. The monoisotopic (exact) mass is 589 g/mol. The van der Waals surface area contributed by atoms with Crippen LogP contribution >= 0.6 is 11.6 Å². The van der Waals surface area contributed by atoms with Crippen molar-refractivity contribution < 1.29 is 23.1 Å². The van der Waals surface area contributed by atoms with Crippen LogP contribution in [0.3, 0.4) is 0 Å². The lowest BCUT2D eigenvalue weighted by Gasteiger charge is -2.37. The summed E-state index contributed by atoms with van der Waals surface area (Å²) in [5, 5.41) is 15.2. The Morgan fingerprint density at radius 2 is 1.88 bits per heavy atom. The van der Waals surface area contributed by atoms with Gasteiger partial charge in [-0.05, 0) is 37.5 Å². The molecule has 3 aliphatic rings. The van der Waals surface area contributed by atoms with Crippen LogP contribution in [0.25, 0.3) is 5.65 Å². The molecule has 1 atom stereocenters. The number of carbonyl (C=O) groups excluding carboxylic acids is 1. The highest BCUT2D eigenvalue weighted by atomic mass is 35.5. The lowest BCUT2D eigenvalue weighted by atomic mass is 9.98. The fourth-order valence-electron chi connectivity index (χ4n) is 5.57. The number of hydrogen-bond acceptors (Lipinski definition) is 9. The molecule has 14 heteroatoms. The molecule has 1 aromatic carbocycles. The predicted molar refractivity (Wildman–Crippen MR) is 152 cm³/mol. The van der Waals surface area contributed by atoms with Gasteiger partial charge in [-0.25, -0.2) is 13.4 Å². The average Bonchev–Trinajstić information content (AvgIpc) is 3.35. The third-order valence-electron chi connectivity index (χ3n) is 7.55. The van der Waals surface area contributed by atoms with Gasteiger partial charge in [0.25, 0.3) is 5.91 Å². The molecule has 5 heterocycles. The van der Waals surface area contributed by atoms with Crippen molar-refractivity contribution in [2.45, 2.75) is 31.4 Å². The summed E-state index contributed by atoms with van der Waals surface area (Å²) in [5.74, 6) is 1.35. The Balaban J connectivity index is 1.38. The van der Waals surface area contributed by atoms with Gasteiger partial charge in [-0.1, -0.05) is 11.6 Å². The number of anilines is 3. The number of halogens is 1. The molecule has 0 aliphatic carbocycles. The van der Waals surface area contributed by atoms with E-state index in [0.29, 0.717) is 49.9 Å². The zero-order valence-corrected chi connectivity index (χ0v) is 23.7. The molecule has 0 bridgehead atoms. The first-order valence-corrected chi connectivity index (χ1v) is 15.7. The number of piperidine rings is 1. The Morgan fingerprint density at radius 3 is 2.60 bits per heavy atom. The van der Waals surface area contributed by atoms with Crippen LogP contribution in [0, 0.1) is 0 Å². The molecule has 0 saturated carbocycles. The van der Waals surface area contributed by atoms with Gasteiger partial charge in [-0.15, -0.1) is 0 Å². The number of nitrogens with zero attached hydrogens (tertiary/aromatic N) is 6. The molecule has 2 N–H and O–H groups in total. The van der Waals surface area contributed by atoms with Crippen LogP contribution in [0.1, 0.15) is 41.4 Å². The van der Waals surface area contributed by atoms with Crippen molar-refractivity contribution >= 4 is 50.5 Å². The molecule has 12 nitrogen and oxygen atoms in total. The van der Waals surface area contributed by atoms with Crippen molar-refractivity contribution in [2.24, 2.45) is 0 Å². The molecule has 40 heavy (non-hydrogen) atoms. The van der Waals surface area contributed by atoms with E-state index in [2.05, 4.69) is 9.62 Å². The SMILES string of the molecule is CS(=O)(=O)Nc1ccc(Cl)cc1C(=O)N1CCCC[C@H]1c1cc2nc(N3CC(O)C3)cc(N3CCOCC3)n2n1.